The summed E-state index contributed by atoms with van der Waals surface area (Å²) in [6.45, 7) is 7.29. The Hall–Kier alpha value is -1.10. The van der Waals surface area contributed by atoms with Gasteiger partial charge in [0.05, 0.1) is 30.7 Å². The Balaban J connectivity index is 1.23. The molecule has 1 atom stereocenters. The van der Waals surface area contributed by atoms with Crippen molar-refractivity contribution >= 4 is 11.9 Å². The van der Waals surface area contributed by atoms with Gasteiger partial charge in [-0.3, -0.25) is 9.59 Å². The lowest BCUT2D eigenvalue weighted by Gasteiger charge is -2.37. The number of ether oxygens (including phenoxy) is 3. The van der Waals surface area contributed by atoms with E-state index in [4.69, 9.17) is 14.2 Å². The molecule has 3 rings (SSSR count). The summed E-state index contributed by atoms with van der Waals surface area (Å²) in [5, 5.41) is 0. The van der Waals surface area contributed by atoms with E-state index in [1.54, 1.807) is 0 Å². The normalized spacial score (nSPS) is 29.5. The molecule has 238 valence electrons. The smallest absolute Gasteiger partial charge is 0.309 e. The summed E-state index contributed by atoms with van der Waals surface area (Å²) >= 11 is 0. The van der Waals surface area contributed by atoms with Crippen LogP contribution in [-0.2, 0) is 23.8 Å². The van der Waals surface area contributed by atoms with Crippen LogP contribution in [-0.4, -0.2) is 36.9 Å². The first kappa shape index (κ1) is 34.4. The molecule has 0 radical (unpaired) electrons. The summed E-state index contributed by atoms with van der Waals surface area (Å²) < 4.78 is 18.0. The largest absolute Gasteiger partial charge is 0.465 e. The highest BCUT2D eigenvalue weighted by Crippen LogP contribution is 2.41. The van der Waals surface area contributed by atoms with Crippen molar-refractivity contribution in [2.75, 3.05) is 6.61 Å². The molecule has 5 heteroatoms. The van der Waals surface area contributed by atoms with Crippen LogP contribution in [0, 0.1) is 23.7 Å². The van der Waals surface area contributed by atoms with Crippen molar-refractivity contribution < 1.29 is 23.8 Å². The fourth-order valence-corrected chi connectivity index (χ4v) is 7.63. The monoisotopic (exact) mass is 576 g/mol. The first-order valence-corrected chi connectivity index (χ1v) is 18.0. The van der Waals surface area contributed by atoms with Crippen molar-refractivity contribution in [3.05, 3.63) is 0 Å². The third kappa shape index (κ3) is 13.0. The molecule has 5 nitrogen and oxygen atoms in total. The summed E-state index contributed by atoms with van der Waals surface area (Å²) in [5.41, 5.74) is 0. The minimum atomic E-state index is 0.0412. The molecule has 0 saturated heterocycles. The number of unbranched alkanes of at least 4 members (excludes halogenated alkanes) is 8. The van der Waals surface area contributed by atoms with Crippen molar-refractivity contribution in [3.63, 3.8) is 0 Å². The third-order valence-corrected chi connectivity index (χ3v) is 10.4. The first-order valence-electron chi connectivity index (χ1n) is 18.0. The number of hydrogen-bond donors (Lipinski definition) is 0. The average Bonchev–Trinajstić information content (AvgIpc) is 2.99. The van der Waals surface area contributed by atoms with Gasteiger partial charge in [-0.1, -0.05) is 71.6 Å². The van der Waals surface area contributed by atoms with Gasteiger partial charge in [0.1, 0.15) is 6.10 Å². The van der Waals surface area contributed by atoms with Crippen LogP contribution in [0.4, 0.5) is 0 Å². The average molecular weight is 577 g/mol. The zero-order valence-electron chi connectivity index (χ0n) is 27.1. The molecule has 3 fully saturated rings. The fraction of sp³-hybridized carbons (Fsp3) is 0.944. The minimum Gasteiger partial charge on any atom is -0.465 e. The van der Waals surface area contributed by atoms with Crippen molar-refractivity contribution in [2.24, 2.45) is 23.7 Å². The molecule has 0 heterocycles. The Labute approximate surface area is 252 Å². The maximum Gasteiger partial charge on any atom is 0.309 e. The van der Waals surface area contributed by atoms with E-state index in [0.29, 0.717) is 18.8 Å². The molecule has 1 unspecified atom stereocenters. The van der Waals surface area contributed by atoms with E-state index in [1.807, 2.05) is 0 Å². The van der Waals surface area contributed by atoms with Crippen LogP contribution >= 0.6 is 0 Å². The van der Waals surface area contributed by atoms with E-state index in [1.165, 1.54) is 57.8 Å². The number of rotatable bonds is 18. The van der Waals surface area contributed by atoms with Crippen LogP contribution < -0.4 is 0 Å². The number of carbonyl (C=O) groups excluding carboxylic acids is 2. The van der Waals surface area contributed by atoms with Gasteiger partial charge in [-0.2, -0.15) is 0 Å². The standard InChI is InChI=1S/C36H64O5/c1-4-6-8-10-11-13-27-39-35(37)31-17-15-29(16-18-31)30-19-23-34(24-20-30)41-36(38)32-21-25-33(26-22-32)40-28(3)14-12-9-7-5-2/h28-34H,4-27H2,1-3H3. The zero-order chi connectivity index (χ0) is 29.3. The summed E-state index contributed by atoms with van der Waals surface area (Å²) in [7, 11) is 0. The molecule has 0 aromatic heterocycles. The lowest BCUT2D eigenvalue weighted by molar-refractivity contribution is -0.158. The molecule has 0 N–H and O–H groups in total. The second kappa shape index (κ2) is 20.0. The molecule has 0 bridgehead atoms. The molecule has 0 aliphatic heterocycles. The summed E-state index contributed by atoms with van der Waals surface area (Å²) in [4.78, 5) is 25.5. The molecule has 3 saturated carbocycles. The van der Waals surface area contributed by atoms with Crippen molar-refractivity contribution in [3.8, 4) is 0 Å². The predicted octanol–water partition coefficient (Wildman–Crippen LogP) is 9.73. The van der Waals surface area contributed by atoms with E-state index in [-0.39, 0.29) is 29.9 Å². The number of hydrogen-bond acceptors (Lipinski definition) is 5. The zero-order valence-corrected chi connectivity index (χ0v) is 27.1. The van der Waals surface area contributed by atoms with E-state index < -0.39 is 0 Å². The SMILES string of the molecule is CCCCCCCCOC(=O)C1CCC(C2CCC(OC(=O)C3CCC(OC(C)CCCCCC)CC3)CC2)CC1. The van der Waals surface area contributed by atoms with E-state index in [9.17, 15) is 9.59 Å². The molecular weight excluding hydrogens is 512 g/mol. The molecular formula is C36H64O5. The molecule has 0 aromatic carbocycles. The molecule has 3 aliphatic carbocycles. The minimum absolute atomic E-state index is 0.0412. The molecule has 0 aromatic rings. The Morgan fingerprint density at radius 1 is 0.585 bits per heavy atom. The maximum atomic E-state index is 12.9. The Bertz CT molecular complexity index is 699. The van der Waals surface area contributed by atoms with Gasteiger partial charge in [0, 0.05) is 0 Å². The highest BCUT2D eigenvalue weighted by Gasteiger charge is 2.35. The fourth-order valence-electron chi connectivity index (χ4n) is 7.63. The molecule has 0 amide bonds. The predicted molar refractivity (Wildman–Crippen MR) is 167 cm³/mol. The lowest BCUT2D eigenvalue weighted by Crippen LogP contribution is -2.34. The third-order valence-electron chi connectivity index (χ3n) is 10.4. The van der Waals surface area contributed by atoms with Gasteiger partial charge in [-0.15, -0.1) is 0 Å². The Morgan fingerprint density at radius 3 is 1.71 bits per heavy atom. The van der Waals surface area contributed by atoms with Crippen LogP contribution in [0.5, 0.6) is 0 Å². The second-order valence-electron chi connectivity index (χ2n) is 13.8. The maximum absolute atomic E-state index is 12.9. The summed E-state index contributed by atoms with van der Waals surface area (Å²) in [6, 6.07) is 0. The highest BCUT2D eigenvalue weighted by molar-refractivity contribution is 5.73. The Morgan fingerprint density at radius 2 is 1.07 bits per heavy atom. The van der Waals surface area contributed by atoms with Gasteiger partial charge in [0.15, 0.2) is 0 Å². The van der Waals surface area contributed by atoms with E-state index in [0.717, 1.165) is 102 Å². The van der Waals surface area contributed by atoms with Gasteiger partial charge >= 0.3 is 11.9 Å². The summed E-state index contributed by atoms with van der Waals surface area (Å²) in [6.07, 6.45) is 26.8. The quantitative estimate of drug-likeness (QED) is 0.120. The van der Waals surface area contributed by atoms with Gasteiger partial charge in [0.2, 0.25) is 0 Å². The van der Waals surface area contributed by atoms with E-state index >= 15 is 0 Å². The number of carbonyl (C=O) groups is 2. The van der Waals surface area contributed by atoms with Crippen molar-refractivity contribution in [1.82, 2.24) is 0 Å². The molecule has 0 spiro atoms. The second-order valence-corrected chi connectivity index (χ2v) is 13.8. The number of esters is 2. The van der Waals surface area contributed by atoms with Crippen LogP contribution in [0.25, 0.3) is 0 Å². The van der Waals surface area contributed by atoms with Crippen LogP contribution in [0.15, 0.2) is 0 Å². The lowest BCUT2D eigenvalue weighted by atomic mass is 9.70. The van der Waals surface area contributed by atoms with Crippen LogP contribution in [0.3, 0.4) is 0 Å². The molecule has 41 heavy (non-hydrogen) atoms. The van der Waals surface area contributed by atoms with Crippen molar-refractivity contribution in [2.45, 2.75) is 187 Å². The highest BCUT2D eigenvalue weighted by atomic mass is 16.5. The van der Waals surface area contributed by atoms with E-state index in [2.05, 4.69) is 20.8 Å². The van der Waals surface area contributed by atoms with Crippen LogP contribution in [0.2, 0.25) is 0 Å². The van der Waals surface area contributed by atoms with Gasteiger partial charge in [0.25, 0.3) is 0 Å². The molecule has 3 aliphatic rings. The topological polar surface area (TPSA) is 61.8 Å². The van der Waals surface area contributed by atoms with Gasteiger partial charge < -0.3 is 14.2 Å². The first-order chi connectivity index (χ1) is 20.0. The van der Waals surface area contributed by atoms with Gasteiger partial charge in [-0.05, 0) is 109 Å². The van der Waals surface area contributed by atoms with Crippen LogP contribution in [0.1, 0.15) is 168 Å². The Kier molecular flexibility index (Phi) is 16.7. The van der Waals surface area contributed by atoms with Crippen molar-refractivity contribution in [1.29, 1.82) is 0 Å². The summed E-state index contributed by atoms with van der Waals surface area (Å²) in [5.74, 6) is 1.70. The van der Waals surface area contributed by atoms with Gasteiger partial charge in [-0.25, -0.2) is 0 Å².